The first kappa shape index (κ1) is 11.5. The molecule has 2 heterocycles. The average Bonchev–Trinajstić information content (AvgIpc) is 3.06. The fourth-order valence-electron chi connectivity index (χ4n) is 2.56. The lowest BCUT2D eigenvalue weighted by atomic mass is 10.2. The molecule has 0 radical (unpaired) electrons. The summed E-state index contributed by atoms with van der Waals surface area (Å²) in [6.45, 7) is 2.29. The molecule has 4 heteroatoms. The third-order valence-electron chi connectivity index (χ3n) is 3.66. The van der Waals surface area contributed by atoms with Gasteiger partial charge in [0.05, 0.1) is 10.2 Å². The minimum Gasteiger partial charge on any atom is -0.366 e. The lowest BCUT2D eigenvalue weighted by molar-refractivity contribution is 0.570. The smallest absolute Gasteiger partial charge is 0.0592 e. The Bertz CT molecular complexity index is 392. The maximum absolute atomic E-state index is 4.14. The molecule has 0 bridgehead atoms. The van der Waals surface area contributed by atoms with Gasteiger partial charge in [-0.15, -0.1) is 0 Å². The molecule has 0 amide bonds. The Morgan fingerprint density at radius 1 is 1.41 bits per heavy atom. The number of halogens is 1. The highest BCUT2D eigenvalue weighted by molar-refractivity contribution is 9.10. The Hall–Kier alpha value is -0.610. The van der Waals surface area contributed by atoms with Crippen LogP contribution in [0, 0.1) is 0 Å². The Labute approximate surface area is 111 Å². The van der Waals surface area contributed by atoms with Crippen molar-refractivity contribution >= 4 is 21.6 Å². The van der Waals surface area contributed by atoms with E-state index < -0.39 is 0 Å². The second-order valence-corrected chi connectivity index (χ2v) is 5.85. The summed E-state index contributed by atoms with van der Waals surface area (Å²) in [5, 5.41) is 3.65. The van der Waals surface area contributed by atoms with Gasteiger partial charge in [-0.3, -0.25) is 4.98 Å². The van der Waals surface area contributed by atoms with Crippen LogP contribution in [-0.4, -0.2) is 30.2 Å². The van der Waals surface area contributed by atoms with E-state index in [0.29, 0.717) is 6.04 Å². The monoisotopic (exact) mass is 295 g/mol. The molecule has 2 aliphatic rings. The third kappa shape index (κ3) is 2.63. The fraction of sp³-hybridized carbons (Fsp3) is 0.615. The first-order valence-corrected chi connectivity index (χ1v) is 7.23. The highest BCUT2D eigenvalue weighted by atomic mass is 79.9. The maximum atomic E-state index is 4.14. The molecule has 1 N–H and O–H groups in total. The summed E-state index contributed by atoms with van der Waals surface area (Å²) < 4.78 is 1.11. The van der Waals surface area contributed by atoms with Gasteiger partial charge in [-0.05, 0) is 47.7 Å². The van der Waals surface area contributed by atoms with Crippen LogP contribution in [0.3, 0.4) is 0 Å². The predicted octanol–water partition coefficient (Wildman–Crippen LogP) is 2.56. The van der Waals surface area contributed by atoms with Crippen LogP contribution in [0.2, 0.25) is 0 Å². The van der Waals surface area contributed by atoms with Crippen molar-refractivity contribution in [2.24, 2.45) is 0 Å². The molecular weight excluding hydrogens is 278 g/mol. The highest BCUT2D eigenvalue weighted by Gasteiger charge is 2.28. The number of anilines is 1. The molecule has 0 spiro atoms. The van der Waals surface area contributed by atoms with Crippen molar-refractivity contribution < 1.29 is 0 Å². The molecule has 17 heavy (non-hydrogen) atoms. The second kappa shape index (κ2) is 4.94. The van der Waals surface area contributed by atoms with Crippen molar-refractivity contribution in [2.75, 3.05) is 18.0 Å². The zero-order valence-corrected chi connectivity index (χ0v) is 11.5. The Balaban J connectivity index is 1.69. The lowest BCUT2D eigenvalue weighted by Crippen LogP contribution is -2.38. The summed E-state index contributed by atoms with van der Waals surface area (Å²) in [5.41, 5.74) is 1.29. The standard InChI is InChI=1S/C13H18BrN3/c14-12-9-15-6-5-13(12)17-7-1-2-11(17)8-16-10-3-4-10/h5-6,9-11,16H,1-4,7-8H2. The number of hydrogen-bond donors (Lipinski definition) is 1. The normalized spacial score (nSPS) is 24.3. The molecule has 1 aromatic heterocycles. The molecule has 1 aliphatic carbocycles. The average molecular weight is 296 g/mol. The summed E-state index contributed by atoms with van der Waals surface area (Å²) in [6, 6.07) is 3.56. The summed E-state index contributed by atoms with van der Waals surface area (Å²) in [6.07, 6.45) is 9.10. The first-order valence-electron chi connectivity index (χ1n) is 6.44. The molecule has 92 valence electrons. The molecule has 2 fully saturated rings. The molecular formula is C13H18BrN3. The summed E-state index contributed by atoms with van der Waals surface area (Å²) in [7, 11) is 0. The highest BCUT2D eigenvalue weighted by Crippen LogP contribution is 2.31. The summed E-state index contributed by atoms with van der Waals surface area (Å²) in [5.74, 6) is 0. The van der Waals surface area contributed by atoms with E-state index in [-0.39, 0.29) is 0 Å². The minimum absolute atomic E-state index is 0.647. The molecule has 0 aromatic carbocycles. The van der Waals surface area contributed by atoms with Crippen molar-refractivity contribution in [3.05, 3.63) is 22.9 Å². The van der Waals surface area contributed by atoms with Gasteiger partial charge in [0.15, 0.2) is 0 Å². The van der Waals surface area contributed by atoms with Crippen LogP contribution >= 0.6 is 15.9 Å². The van der Waals surface area contributed by atoms with Gasteiger partial charge in [0.25, 0.3) is 0 Å². The predicted molar refractivity (Wildman–Crippen MR) is 73.3 cm³/mol. The van der Waals surface area contributed by atoms with E-state index >= 15 is 0 Å². The molecule has 3 nitrogen and oxygen atoms in total. The first-order chi connectivity index (χ1) is 8.34. The number of rotatable bonds is 4. The van der Waals surface area contributed by atoms with E-state index in [0.717, 1.165) is 17.1 Å². The van der Waals surface area contributed by atoms with Gasteiger partial charge < -0.3 is 10.2 Å². The van der Waals surface area contributed by atoms with Crippen LogP contribution in [0.4, 0.5) is 5.69 Å². The van der Waals surface area contributed by atoms with E-state index in [1.54, 1.807) is 0 Å². The molecule has 1 aliphatic heterocycles. The maximum Gasteiger partial charge on any atom is 0.0592 e. The quantitative estimate of drug-likeness (QED) is 0.925. The number of aromatic nitrogens is 1. The van der Waals surface area contributed by atoms with Crippen molar-refractivity contribution in [1.82, 2.24) is 10.3 Å². The van der Waals surface area contributed by atoms with Gasteiger partial charge >= 0.3 is 0 Å². The van der Waals surface area contributed by atoms with Gasteiger partial charge in [-0.2, -0.15) is 0 Å². The lowest BCUT2D eigenvalue weighted by Gasteiger charge is -2.27. The van der Waals surface area contributed by atoms with Gasteiger partial charge in [-0.1, -0.05) is 0 Å². The minimum atomic E-state index is 0.647. The van der Waals surface area contributed by atoms with Gasteiger partial charge in [0.1, 0.15) is 0 Å². The topological polar surface area (TPSA) is 28.2 Å². The van der Waals surface area contributed by atoms with Crippen LogP contribution < -0.4 is 10.2 Å². The molecule has 1 saturated carbocycles. The van der Waals surface area contributed by atoms with Crippen LogP contribution in [0.15, 0.2) is 22.9 Å². The van der Waals surface area contributed by atoms with Crippen LogP contribution in [0.25, 0.3) is 0 Å². The number of nitrogens with zero attached hydrogens (tertiary/aromatic N) is 2. The van der Waals surface area contributed by atoms with E-state index in [9.17, 15) is 0 Å². The van der Waals surface area contributed by atoms with Gasteiger partial charge in [0, 0.05) is 37.6 Å². The fourth-order valence-corrected chi connectivity index (χ4v) is 3.03. The van der Waals surface area contributed by atoms with Crippen molar-refractivity contribution in [2.45, 2.75) is 37.8 Å². The summed E-state index contributed by atoms with van der Waals surface area (Å²) >= 11 is 3.60. The van der Waals surface area contributed by atoms with Crippen molar-refractivity contribution in [3.63, 3.8) is 0 Å². The number of nitrogens with one attached hydrogen (secondary N) is 1. The Morgan fingerprint density at radius 2 is 2.29 bits per heavy atom. The number of hydrogen-bond acceptors (Lipinski definition) is 3. The molecule has 1 saturated heterocycles. The van der Waals surface area contributed by atoms with Crippen LogP contribution in [0.5, 0.6) is 0 Å². The van der Waals surface area contributed by atoms with Gasteiger partial charge in [-0.25, -0.2) is 0 Å². The van der Waals surface area contributed by atoms with E-state index in [1.165, 1.54) is 37.9 Å². The molecule has 1 aromatic rings. The van der Waals surface area contributed by atoms with E-state index in [1.807, 2.05) is 12.4 Å². The second-order valence-electron chi connectivity index (χ2n) is 5.00. The van der Waals surface area contributed by atoms with E-state index in [4.69, 9.17) is 0 Å². The van der Waals surface area contributed by atoms with Crippen LogP contribution in [-0.2, 0) is 0 Å². The number of pyridine rings is 1. The van der Waals surface area contributed by atoms with Crippen LogP contribution in [0.1, 0.15) is 25.7 Å². The molecule has 1 unspecified atom stereocenters. The zero-order valence-electron chi connectivity index (χ0n) is 9.90. The largest absolute Gasteiger partial charge is 0.366 e. The Kier molecular flexibility index (Phi) is 3.34. The SMILES string of the molecule is Brc1cnccc1N1CCCC1CNC1CC1. The van der Waals surface area contributed by atoms with Crippen molar-refractivity contribution in [1.29, 1.82) is 0 Å². The van der Waals surface area contributed by atoms with E-state index in [2.05, 4.69) is 37.2 Å². The molecule has 3 rings (SSSR count). The van der Waals surface area contributed by atoms with Crippen molar-refractivity contribution in [3.8, 4) is 0 Å². The Morgan fingerprint density at radius 3 is 3.06 bits per heavy atom. The molecule has 1 atom stereocenters. The third-order valence-corrected chi connectivity index (χ3v) is 4.27. The zero-order chi connectivity index (χ0) is 11.7. The van der Waals surface area contributed by atoms with Gasteiger partial charge in [0.2, 0.25) is 0 Å². The summed E-state index contributed by atoms with van der Waals surface area (Å²) in [4.78, 5) is 6.65.